The number of hydrogen-bond acceptors (Lipinski definition) is 4. The molecule has 0 aliphatic carbocycles. The molecule has 1 aliphatic heterocycles. The van der Waals surface area contributed by atoms with E-state index in [9.17, 15) is 18.0 Å². The Labute approximate surface area is 179 Å². The molecule has 2 aromatic carbocycles. The van der Waals surface area contributed by atoms with Crippen molar-refractivity contribution in [2.45, 2.75) is 20.3 Å². The highest BCUT2D eigenvalue weighted by Crippen LogP contribution is 2.39. The molecule has 0 unspecified atom stereocenters. The van der Waals surface area contributed by atoms with Crippen molar-refractivity contribution in [3.63, 3.8) is 0 Å². The SMILES string of the molecule is CC1(C)CS(=O)(=O)N(c2cc(C(=O)NCCc3ccc(Cl)cc3)ccc2Cl)C1=O. The summed E-state index contributed by atoms with van der Waals surface area (Å²) in [6.45, 7) is 3.51. The first kappa shape index (κ1) is 21.6. The second-order valence-corrected chi connectivity index (χ2v) is 10.2. The second kappa shape index (κ2) is 7.97. The van der Waals surface area contributed by atoms with Gasteiger partial charge in [0.2, 0.25) is 15.9 Å². The van der Waals surface area contributed by atoms with Crippen LogP contribution in [0.2, 0.25) is 10.0 Å². The standard InChI is InChI=1S/C20H20Cl2N2O4S/c1-20(2)12-29(27,28)24(19(20)26)17-11-14(5-8-16(17)22)18(25)23-10-9-13-3-6-15(21)7-4-13/h3-8,11H,9-10,12H2,1-2H3,(H,23,25). The van der Waals surface area contributed by atoms with Crippen molar-refractivity contribution in [2.24, 2.45) is 5.41 Å². The monoisotopic (exact) mass is 454 g/mol. The van der Waals surface area contributed by atoms with Crippen LogP contribution in [0.15, 0.2) is 42.5 Å². The molecule has 1 heterocycles. The summed E-state index contributed by atoms with van der Waals surface area (Å²) in [5.41, 5.74) is 0.169. The van der Waals surface area contributed by atoms with E-state index in [1.54, 1.807) is 26.0 Å². The molecular formula is C20H20Cl2N2O4S. The molecule has 2 amide bonds. The number of rotatable bonds is 5. The number of benzene rings is 2. The van der Waals surface area contributed by atoms with Crippen molar-refractivity contribution in [3.8, 4) is 0 Å². The third-order valence-corrected chi connectivity index (χ3v) is 7.20. The molecule has 1 fully saturated rings. The molecule has 0 radical (unpaired) electrons. The van der Waals surface area contributed by atoms with Crippen LogP contribution in [0.4, 0.5) is 5.69 Å². The maximum atomic E-state index is 12.6. The highest BCUT2D eigenvalue weighted by atomic mass is 35.5. The smallest absolute Gasteiger partial charge is 0.251 e. The van der Waals surface area contributed by atoms with Crippen LogP contribution in [0, 0.1) is 5.41 Å². The maximum absolute atomic E-state index is 12.6. The summed E-state index contributed by atoms with van der Waals surface area (Å²) < 4.78 is 25.7. The van der Waals surface area contributed by atoms with E-state index in [0.717, 1.165) is 5.56 Å². The minimum absolute atomic E-state index is 0.00686. The van der Waals surface area contributed by atoms with Gasteiger partial charge in [0, 0.05) is 17.1 Å². The largest absolute Gasteiger partial charge is 0.352 e. The zero-order valence-corrected chi connectivity index (χ0v) is 18.2. The van der Waals surface area contributed by atoms with Gasteiger partial charge in [-0.2, -0.15) is 0 Å². The first-order valence-electron chi connectivity index (χ1n) is 8.91. The Hall–Kier alpha value is -2.09. The molecule has 1 N–H and O–H groups in total. The van der Waals surface area contributed by atoms with Gasteiger partial charge in [-0.1, -0.05) is 35.3 Å². The van der Waals surface area contributed by atoms with E-state index in [1.165, 1.54) is 18.2 Å². The van der Waals surface area contributed by atoms with Gasteiger partial charge in [-0.05, 0) is 56.2 Å². The Morgan fingerprint density at radius 1 is 1.14 bits per heavy atom. The summed E-state index contributed by atoms with van der Waals surface area (Å²) in [6, 6.07) is 11.5. The molecule has 1 saturated heterocycles. The van der Waals surface area contributed by atoms with Gasteiger partial charge in [-0.15, -0.1) is 0 Å². The number of sulfonamides is 1. The average molecular weight is 455 g/mol. The molecule has 0 bridgehead atoms. The number of nitrogens with zero attached hydrogens (tertiary/aromatic N) is 1. The summed E-state index contributed by atoms with van der Waals surface area (Å²) in [4.78, 5) is 25.1. The van der Waals surface area contributed by atoms with Gasteiger partial charge in [0.05, 0.1) is 21.9 Å². The normalized spacial score (nSPS) is 17.4. The van der Waals surface area contributed by atoms with E-state index < -0.39 is 21.3 Å². The lowest BCUT2D eigenvalue weighted by molar-refractivity contribution is -0.123. The summed E-state index contributed by atoms with van der Waals surface area (Å²) in [7, 11) is -3.86. The summed E-state index contributed by atoms with van der Waals surface area (Å²) in [6.07, 6.45) is 0.608. The molecule has 0 aromatic heterocycles. The molecule has 29 heavy (non-hydrogen) atoms. The second-order valence-electron chi connectivity index (χ2n) is 7.51. The summed E-state index contributed by atoms with van der Waals surface area (Å²) >= 11 is 12.0. The first-order valence-corrected chi connectivity index (χ1v) is 11.3. The van der Waals surface area contributed by atoms with E-state index in [-0.39, 0.29) is 27.9 Å². The van der Waals surface area contributed by atoms with Crippen LogP contribution < -0.4 is 9.62 Å². The first-order chi connectivity index (χ1) is 13.5. The molecular weight excluding hydrogens is 435 g/mol. The molecule has 1 aliphatic rings. The van der Waals surface area contributed by atoms with Crippen molar-refractivity contribution in [1.29, 1.82) is 0 Å². The van der Waals surface area contributed by atoms with Crippen LogP contribution in [-0.2, 0) is 21.2 Å². The van der Waals surface area contributed by atoms with Crippen LogP contribution >= 0.6 is 23.2 Å². The number of halogens is 2. The molecule has 0 spiro atoms. The number of anilines is 1. The Bertz CT molecular complexity index is 1070. The molecule has 2 aromatic rings. The van der Waals surface area contributed by atoms with Crippen molar-refractivity contribution in [3.05, 3.63) is 63.6 Å². The van der Waals surface area contributed by atoms with Gasteiger partial charge in [0.1, 0.15) is 0 Å². The lowest BCUT2D eigenvalue weighted by Gasteiger charge is -2.19. The van der Waals surface area contributed by atoms with E-state index in [1.807, 2.05) is 12.1 Å². The Morgan fingerprint density at radius 3 is 2.38 bits per heavy atom. The van der Waals surface area contributed by atoms with Crippen LogP contribution in [-0.4, -0.2) is 32.5 Å². The number of amides is 2. The fraction of sp³-hybridized carbons (Fsp3) is 0.300. The molecule has 6 nitrogen and oxygen atoms in total. The number of carbonyl (C=O) groups excluding carboxylic acids is 2. The van der Waals surface area contributed by atoms with Gasteiger partial charge in [0.25, 0.3) is 5.91 Å². The number of carbonyl (C=O) groups is 2. The molecule has 9 heteroatoms. The highest BCUT2D eigenvalue weighted by Gasteiger charge is 2.50. The Balaban J connectivity index is 1.77. The van der Waals surface area contributed by atoms with Crippen molar-refractivity contribution < 1.29 is 18.0 Å². The van der Waals surface area contributed by atoms with Gasteiger partial charge >= 0.3 is 0 Å². The Morgan fingerprint density at radius 2 is 1.79 bits per heavy atom. The van der Waals surface area contributed by atoms with E-state index in [2.05, 4.69) is 5.32 Å². The topological polar surface area (TPSA) is 83.6 Å². The fourth-order valence-corrected chi connectivity index (χ4v) is 5.62. The van der Waals surface area contributed by atoms with Crippen molar-refractivity contribution >= 4 is 50.7 Å². The molecule has 154 valence electrons. The average Bonchev–Trinajstić information content (AvgIpc) is 2.80. The lowest BCUT2D eigenvalue weighted by Crippen LogP contribution is -2.33. The van der Waals surface area contributed by atoms with Gasteiger partial charge in [0.15, 0.2) is 0 Å². The number of nitrogens with one attached hydrogen (secondary N) is 1. The van der Waals surface area contributed by atoms with E-state index >= 15 is 0 Å². The van der Waals surface area contributed by atoms with Crippen molar-refractivity contribution in [2.75, 3.05) is 16.6 Å². The minimum atomic E-state index is -3.86. The molecule has 0 atom stereocenters. The van der Waals surface area contributed by atoms with Gasteiger partial charge in [-0.3, -0.25) is 9.59 Å². The van der Waals surface area contributed by atoms with E-state index in [0.29, 0.717) is 22.3 Å². The van der Waals surface area contributed by atoms with E-state index in [4.69, 9.17) is 23.2 Å². The van der Waals surface area contributed by atoms with Crippen LogP contribution in [0.3, 0.4) is 0 Å². The third kappa shape index (κ3) is 4.57. The maximum Gasteiger partial charge on any atom is 0.251 e. The zero-order valence-electron chi connectivity index (χ0n) is 15.9. The number of hydrogen-bond donors (Lipinski definition) is 1. The predicted molar refractivity (Wildman–Crippen MR) is 114 cm³/mol. The third-order valence-electron chi connectivity index (χ3n) is 4.62. The predicted octanol–water partition coefficient (Wildman–Crippen LogP) is 3.67. The highest BCUT2D eigenvalue weighted by molar-refractivity contribution is 7.94. The Kier molecular flexibility index (Phi) is 5.94. The quantitative estimate of drug-likeness (QED) is 0.746. The summed E-state index contributed by atoms with van der Waals surface area (Å²) in [5.74, 6) is -1.27. The fourth-order valence-electron chi connectivity index (χ4n) is 3.13. The minimum Gasteiger partial charge on any atom is -0.352 e. The van der Waals surface area contributed by atoms with Crippen LogP contribution in [0.5, 0.6) is 0 Å². The molecule has 0 saturated carbocycles. The zero-order chi connectivity index (χ0) is 21.4. The molecule has 3 rings (SSSR count). The lowest BCUT2D eigenvalue weighted by atomic mass is 9.95. The van der Waals surface area contributed by atoms with Gasteiger partial charge in [-0.25, -0.2) is 12.7 Å². The van der Waals surface area contributed by atoms with Crippen LogP contribution in [0.25, 0.3) is 0 Å². The van der Waals surface area contributed by atoms with Crippen molar-refractivity contribution in [1.82, 2.24) is 5.32 Å². The van der Waals surface area contributed by atoms with Crippen LogP contribution in [0.1, 0.15) is 29.8 Å². The van der Waals surface area contributed by atoms with Gasteiger partial charge < -0.3 is 5.32 Å². The summed E-state index contributed by atoms with van der Waals surface area (Å²) in [5, 5.41) is 3.50.